The molecular formula is C19H23FN4O3. The van der Waals surface area contributed by atoms with Crippen molar-refractivity contribution in [3.8, 4) is 0 Å². The minimum Gasteiger partial charge on any atom is -0.345 e. The number of ketones is 1. The van der Waals surface area contributed by atoms with Gasteiger partial charge in [0.15, 0.2) is 0 Å². The normalized spacial score (nSPS) is 11.2. The molecule has 2 heterocycles. The van der Waals surface area contributed by atoms with Gasteiger partial charge in [-0.25, -0.2) is 4.98 Å². The van der Waals surface area contributed by atoms with E-state index < -0.39 is 29.1 Å². The first-order valence-electron chi connectivity index (χ1n) is 8.38. The van der Waals surface area contributed by atoms with Gasteiger partial charge in [-0.1, -0.05) is 0 Å². The summed E-state index contributed by atoms with van der Waals surface area (Å²) in [6, 6.07) is 2.52. The summed E-state index contributed by atoms with van der Waals surface area (Å²) in [4.78, 5) is 41.0. The maximum absolute atomic E-state index is 12.9. The van der Waals surface area contributed by atoms with Gasteiger partial charge in [-0.05, 0) is 52.3 Å². The first kappa shape index (κ1) is 20.3. The number of aromatic nitrogens is 2. The Balaban J connectivity index is 2.36. The van der Waals surface area contributed by atoms with Crippen molar-refractivity contribution in [1.29, 1.82) is 0 Å². The fourth-order valence-corrected chi connectivity index (χ4v) is 2.78. The highest BCUT2D eigenvalue weighted by Crippen LogP contribution is 2.23. The Hall–Kier alpha value is -3.03. The molecule has 0 fully saturated rings. The number of carbonyl (C=O) groups is 3. The molecule has 7 nitrogen and oxygen atoms in total. The number of nitrogens with one attached hydrogen (secondary N) is 2. The van der Waals surface area contributed by atoms with Crippen LogP contribution in [0, 0.1) is 19.8 Å². The fourth-order valence-electron chi connectivity index (χ4n) is 2.78. The molecule has 0 unspecified atom stereocenters. The lowest BCUT2D eigenvalue weighted by molar-refractivity contribution is -0.118. The van der Waals surface area contributed by atoms with E-state index in [2.05, 4.69) is 15.6 Å². The van der Waals surface area contributed by atoms with Crippen molar-refractivity contribution in [3.05, 3.63) is 46.8 Å². The fraction of sp³-hybridized carbons (Fsp3) is 0.368. The minimum absolute atomic E-state index is 0.150. The van der Waals surface area contributed by atoms with Crippen molar-refractivity contribution in [2.24, 2.45) is 7.05 Å². The smallest absolute Gasteiger partial charge is 0.294 e. The summed E-state index contributed by atoms with van der Waals surface area (Å²) in [5, 5.41) is 5.25. The molecule has 2 N–H and O–H groups in total. The van der Waals surface area contributed by atoms with E-state index >= 15 is 0 Å². The molecule has 144 valence electrons. The van der Waals surface area contributed by atoms with Crippen LogP contribution >= 0.6 is 0 Å². The summed E-state index contributed by atoms with van der Waals surface area (Å²) in [6.07, 6.45) is 1.20. The number of carbonyl (C=O) groups excluding carboxylic acids is 3. The predicted molar refractivity (Wildman–Crippen MR) is 99.3 cm³/mol. The van der Waals surface area contributed by atoms with Crippen LogP contribution < -0.4 is 10.6 Å². The van der Waals surface area contributed by atoms with Crippen molar-refractivity contribution in [2.45, 2.75) is 40.2 Å². The van der Waals surface area contributed by atoms with Crippen LogP contribution in [-0.4, -0.2) is 32.7 Å². The van der Waals surface area contributed by atoms with Gasteiger partial charge in [0.1, 0.15) is 0 Å². The number of pyridine rings is 1. The molecule has 0 saturated heterocycles. The average molecular weight is 374 g/mol. The molecule has 0 radical (unpaired) electrons. The molecular weight excluding hydrogens is 351 g/mol. The maximum Gasteiger partial charge on any atom is 0.294 e. The quantitative estimate of drug-likeness (QED) is 0.489. The van der Waals surface area contributed by atoms with Crippen molar-refractivity contribution in [1.82, 2.24) is 14.9 Å². The second-order valence-corrected chi connectivity index (χ2v) is 7.35. The van der Waals surface area contributed by atoms with Crippen molar-refractivity contribution < 1.29 is 18.8 Å². The molecule has 0 spiro atoms. The Bertz CT molecular complexity index is 909. The number of anilines is 1. The number of amides is 2. The Labute approximate surface area is 157 Å². The number of rotatable bonds is 4. The molecule has 0 aliphatic carbocycles. The Kier molecular flexibility index (Phi) is 5.48. The third kappa shape index (κ3) is 4.39. The first-order chi connectivity index (χ1) is 12.4. The van der Waals surface area contributed by atoms with E-state index in [4.69, 9.17) is 0 Å². The van der Waals surface area contributed by atoms with Crippen LogP contribution in [0.1, 0.15) is 52.9 Å². The van der Waals surface area contributed by atoms with Crippen LogP contribution in [0.25, 0.3) is 0 Å². The summed E-state index contributed by atoms with van der Waals surface area (Å²) >= 11 is 0. The summed E-state index contributed by atoms with van der Waals surface area (Å²) in [5.41, 5.74) is 1.13. The predicted octanol–water partition coefficient (Wildman–Crippen LogP) is 2.53. The standard InChI is InChI=1S/C19H23FN4O3/c1-10-14(17(26)22-12-7-8-13(20)21-9-12)11(2)24(6)15(10)16(25)18(27)23-19(3,4)5/h7-9H,1-6H3,(H,22,26)(H,23,27). The monoisotopic (exact) mass is 374 g/mol. The van der Waals surface area contributed by atoms with Crippen LogP contribution in [0.4, 0.5) is 10.1 Å². The van der Waals surface area contributed by atoms with Crippen molar-refractivity contribution in [2.75, 3.05) is 5.32 Å². The third-order valence-corrected chi connectivity index (χ3v) is 4.05. The van der Waals surface area contributed by atoms with Crippen molar-refractivity contribution in [3.63, 3.8) is 0 Å². The van der Waals surface area contributed by atoms with E-state index in [-0.39, 0.29) is 11.3 Å². The van der Waals surface area contributed by atoms with Gasteiger partial charge in [-0.3, -0.25) is 14.4 Å². The minimum atomic E-state index is -0.735. The lowest BCUT2D eigenvalue weighted by Crippen LogP contribution is -2.44. The van der Waals surface area contributed by atoms with Gasteiger partial charge in [0.25, 0.3) is 17.6 Å². The van der Waals surface area contributed by atoms with Crippen LogP contribution in [0.2, 0.25) is 0 Å². The lowest BCUT2D eigenvalue weighted by atomic mass is 10.1. The molecule has 2 aromatic heterocycles. The first-order valence-corrected chi connectivity index (χ1v) is 8.38. The number of hydrogen-bond donors (Lipinski definition) is 2. The average Bonchev–Trinajstić information content (AvgIpc) is 2.77. The van der Waals surface area contributed by atoms with E-state index in [0.29, 0.717) is 16.9 Å². The second kappa shape index (κ2) is 7.30. The zero-order chi connectivity index (χ0) is 20.5. The van der Waals surface area contributed by atoms with Gasteiger partial charge >= 0.3 is 0 Å². The molecule has 2 aromatic rings. The van der Waals surface area contributed by atoms with Crippen LogP contribution in [0.5, 0.6) is 0 Å². The van der Waals surface area contributed by atoms with Crippen molar-refractivity contribution >= 4 is 23.3 Å². The zero-order valence-corrected chi connectivity index (χ0v) is 16.2. The molecule has 0 aliphatic heterocycles. The third-order valence-electron chi connectivity index (χ3n) is 4.05. The highest BCUT2D eigenvalue weighted by Gasteiger charge is 2.30. The second-order valence-electron chi connectivity index (χ2n) is 7.35. The Morgan fingerprint density at radius 1 is 1.15 bits per heavy atom. The van der Waals surface area contributed by atoms with Gasteiger partial charge in [-0.15, -0.1) is 0 Å². The summed E-state index contributed by atoms with van der Waals surface area (Å²) in [7, 11) is 1.62. The molecule has 2 rings (SSSR count). The van der Waals surface area contributed by atoms with Gasteiger partial charge in [0.2, 0.25) is 5.95 Å². The largest absolute Gasteiger partial charge is 0.345 e. The van der Waals surface area contributed by atoms with Gasteiger partial charge in [0, 0.05) is 18.3 Å². The van der Waals surface area contributed by atoms with E-state index in [1.54, 1.807) is 41.7 Å². The SMILES string of the molecule is Cc1c(C(=O)Nc2ccc(F)nc2)c(C)n(C)c1C(=O)C(=O)NC(C)(C)C. The number of Topliss-reactive ketones (excluding diaryl/α,β-unsaturated/α-hetero) is 1. The number of hydrogen-bond acceptors (Lipinski definition) is 4. The van der Waals surface area contributed by atoms with Gasteiger partial charge < -0.3 is 15.2 Å². The molecule has 0 atom stereocenters. The molecule has 0 bridgehead atoms. The number of nitrogens with zero attached hydrogens (tertiary/aromatic N) is 2. The lowest BCUT2D eigenvalue weighted by Gasteiger charge is -2.20. The Morgan fingerprint density at radius 3 is 2.30 bits per heavy atom. The van der Waals surface area contributed by atoms with Gasteiger partial charge in [-0.2, -0.15) is 4.39 Å². The molecule has 0 aliphatic rings. The van der Waals surface area contributed by atoms with Crippen LogP contribution in [-0.2, 0) is 11.8 Å². The summed E-state index contributed by atoms with van der Waals surface area (Å²) < 4.78 is 14.4. The molecule has 8 heteroatoms. The maximum atomic E-state index is 12.9. The highest BCUT2D eigenvalue weighted by molar-refractivity contribution is 6.43. The van der Waals surface area contributed by atoms with Crippen LogP contribution in [0.15, 0.2) is 18.3 Å². The topological polar surface area (TPSA) is 93.1 Å². The molecule has 0 aromatic carbocycles. The summed E-state index contributed by atoms with van der Waals surface area (Å²) in [6.45, 7) is 8.62. The van der Waals surface area contributed by atoms with E-state index in [1.165, 1.54) is 16.8 Å². The molecule has 2 amide bonds. The number of halogens is 1. The summed E-state index contributed by atoms with van der Waals surface area (Å²) in [5.74, 6) is -2.57. The van der Waals surface area contributed by atoms with E-state index in [0.717, 1.165) is 6.07 Å². The van der Waals surface area contributed by atoms with Gasteiger partial charge in [0.05, 0.1) is 23.1 Å². The zero-order valence-electron chi connectivity index (χ0n) is 16.2. The van der Waals surface area contributed by atoms with E-state index in [1.807, 2.05) is 0 Å². The van der Waals surface area contributed by atoms with E-state index in [9.17, 15) is 18.8 Å². The molecule has 27 heavy (non-hydrogen) atoms. The molecule has 0 saturated carbocycles. The van der Waals surface area contributed by atoms with Crippen LogP contribution in [0.3, 0.4) is 0 Å². The Morgan fingerprint density at radius 2 is 1.78 bits per heavy atom. The highest BCUT2D eigenvalue weighted by atomic mass is 19.1.